The van der Waals surface area contributed by atoms with Gasteiger partial charge in [-0.05, 0) is 50.5 Å². The number of anilines is 2. The third kappa shape index (κ3) is 4.69. The number of amides is 2. The van der Waals surface area contributed by atoms with Gasteiger partial charge in [0.25, 0.3) is 0 Å². The van der Waals surface area contributed by atoms with Crippen LogP contribution < -0.4 is 19.3 Å². The highest BCUT2D eigenvalue weighted by atomic mass is 32.1. The molecule has 0 N–H and O–H groups in total. The summed E-state index contributed by atoms with van der Waals surface area (Å²) in [7, 11) is 7.03. The van der Waals surface area contributed by atoms with Crippen LogP contribution >= 0.6 is 11.3 Å². The van der Waals surface area contributed by atoms with Gasteiger partial charge in [0, 0.05) is 31.7 Å². The molecule has 1 aliphatic rings. The van der Waals surface area contributed by atoms with Crippen LogP contribution in [0.5, 0.6) is 11.5 Å². The maximum absolute atomic E-state index is 13.7. The van der Waals surface area contributed by atoms with E-state index in [1.165, 1.54) is 28.4 Å². The van der Waals surface area contributed by atoms with Crippen molar-refractivity contribution in [2.45, 2.75) is 6.42 Å². The quantitative estimate of drug-likeness (QED) is 0.486. The van der Waals surface area contributed by atoms with E-state index in [0.29, 0.717) is 40.9 Å². The Morgan fingerprint density at radius 1 is 1.12 bits per heavy atom. The standard InChI is InChI=1S/C24H27FN4O4S/c1-27(2)11-12-28(24-26-21-18(32-3)9-10-19(33-4)22(21)34-24)23(31)15-13-20(30)29(14-15)17-7-5-16(25)6-8-17/h5-10,15H,11-14H2,1-4H3. The van der Waals surface area contributed by atoms with Crippen LogP contribution in [0.15, 0.2) is 36.4 Å². The number of benzene rings is 2. The van der Waals surface area contributed by atoms with Gasteiger partial charge in [-0.1, -0.05) is 11.3 Å². The number of methoxy groups -OCH3 is 2. The number of ether oxygens (including phenoxy) is 2. The Morgan fingerprint density at radius 2 is 1.79 bits per heavy atom. The van der Waals surface area contributed by atoms with Crippen LogP contribution in [0.25, 0.3) is 10.2 Å². The lowest BCUT2D eigenvalue weighted by Crippen LogP contribution is -2.41. The highest BCUT2D eigenvalue weighted by Crippen LogP contribution is 2.40. The number of fused-ring (bicyclic) bond motifs is 1. The SMILES string of the molecule is COc1ccc(OC)c2sc(N(CCN(C)C)C(=O)C3CC(=O)N(c4ccc(F)cc4)C3)nc12. The van der Waals surface area contributed by atoms with Crippen LogP contribution in [0.3, 0.4) is 0 Å². The largest absolute Gasteiger partial charge is 0.495 e. The summed E-state index contributed by atoms with van der Waals surface area (Å²) in [5.74, 6) is 0.00646. The highest BCUT2D eigenvalue weighted by molar-refractivity contribution is 7.22. The molecule has 10 heteroatoms. The van der Waals surface area contributed by atoms with Crippen LogP contribution in [0.4, 0.5) is 15.2 Å². The van der Waals surface area contributed by atoms with Gasteiger partial charge in [0.2, 0.25) is 11.8 Å². The van der Waals surface area contributed by atoms with E-state index in [-0.39, 0.29) is 30.6 Å². The average Bonchev–Trinajstić information content (AvgIpc) is 3.43. The maximum atomic E-state index is 13.7. The van der Waals surface area contributed by atoms with Gasteiger partial charge < -0.3 is 19.3 Å². The lowest BCUT2D eigenvalue weighted by Gasteiger charge is -2.24. The molecule has 8 nitrogen and oxygen atoms in total. The Balaban J connectivity index is 1.65. The first-order valence-corrected chi connectivity index (χ1v) is 11.7. The number of rotatable bonds is 8. The molecule has 1 saturated heterocycles. The maximum Gasteiger partial charge on any atom is 0.234 e. The lowest BCUT2D eigenvalue weighted by atomic mass is 10.1. The van der Waals surface area contributed by atoms with Crippen molar-refractivity contribution in [3.63, 3.8) is 0 Å². The van der Waals surface area contributed by atoms with Gasteiger partial charge in [0.05, 0.1) is 20.1 Å². The summed E-state index contributed by atoms with van der Waals surface area (Å²) in [4.78, 5) is 36.3. The number of thiazole rings is 1. The topological polar surface area (TPSA) is 75.2 Å². The molecule has 1 fully saturated rings. The molecule has 2 aromatic carbocycles. The van der Waals surface area contributed by atoms with Crippen LogP contribution in [0, 0.1) is 11.7 Å². The number of aromatic nitrogens is 1. The third-order valence-electron chi connectivity index (χ3n) is 5.78. The second kappa shape index (κ2) is 9.94. The molecule has 1 aromatic heterocycles. The third-order valence-corrected chi connectivity index (χ3v) is 6.87. The summed E-state index contributed by atoms with van der Waals surface area (Å²) in [5.41, 5.74) is 1.20. The van der Waals surface area contributed by atoms with Crippen molar-refractivity contribution in [3.05, 3.63) is 42.2 Å². The summed E-state index contributed by atoms with van der Waals surface area (Å²) < 4.78 is 25.1. The Kier molecular flexibility index (Phi) is 6.99. The zero-order chi connectivity index (χ0) is 24.4. The van der Waals surface area contributed by atoms with E-state index in [1.807, 2.05) is 25.1 Å². The van der Waals surface area contributed by atoms with E-state index in [0.717, 1.165) is 4.70 Å². The molecular formula is C24H27FN4O4S. The average molecular weight is 487 g/mol. The van der Waals surface area contributed by atoms with Gasteiger partial charge >= 0.3 is 0 Å². The second-order valence-corrected chi connectivity index (χ2v) is 9.30. The molecule has 2 amide bonds. The number of hydrogen-bond acceptors (Lipinski definition) is 7. The van der Waals surface area contributed by atoms with Crippen molar-refractivity contribution in [1.29, 1.82) is 0 Å². The van der Waals surface area contributed by atoms with Crippen molar-refractivity contribution in [2.75, 3.05) is 57.7 Å². The molecule has 2 heterocycles. The molecule has 0 radical (unpaired) electrons. The summed E-state index contributed by atoms with van der Waals surface area (Å²) >= 11 is 1.35. The van der Waals surface area contributed by atoms with E-state index in [2.05, 4.69) is 0 Å². The van der Waals surface area contributed by atoms with E-state index in [1.54, 1.807) is 37.3 Å². The highest BCUT2D eigenvalue weighted by Gasteiger charge is 2.38. The van der Waals surface area contributed by atoms with Gasteiger partial charge in [0.1, 0.15) is 27.5 Å². The molecule has 0 bridgehead atoms. The molecule has 4 rings (SSSR count). The summed E-state index contributed by atoms with van der Waals surface area (Å²) in [6.45, 7) is 1.27. The zero-order valence-electron chi connectivity index (χ0n) is 19.6. The Labute approximate surface area is 201 Å². The van der Waals surface area contributed by atoms with Gasteiger partial charge in [-0.25, -0.2) is 9.37 Å². The van der Waals surface area contributed by atoms with E-state index < -0.39 is 5.92 Å². The number of carbonyl (C=O) groups excluding carboxylic acids is 2. The molecule has 1 unspecified atom stereocenters. The fraction of sp³-hybridized carbons (Fsp3) is 0.375. The Bertz CT molecular complexity index is 1160. The predicted molar refractivity (Wildman–Crippen MR) is 130 cm³/mol. The number of halogens is 1. The fourth-order valence-electron chi connectivity index (χ4n) is 3.95. The molecule has 1 aliphatic heterocycles. The molecular weight excluding hydrogens is 459 g/mol. The zero-order valence-corrected chi connectivity index (χ0v) is 20.4. The molecule has 1 atom stereocenters. The Morgan fingerprint density at radius 3 is 2.44 bits per heavy atom. The fourth-order valence-corrected chi connectivity index (χ4v) is 5.06. The van der Waals surface area contributed by atoms with Crippen molar-refractivity contribution in [1.82, 2.24) is 9.88 Å². The van der Waals surface area contributed by atoms with Crippen LogP contribution in [-0.4, -0.2) is 69.6 Å². The van der Waals surface area contributed by atoms with Crippen molar-refractivity contribution in [2.24, 2.45) is 5.92 Å². The molecule has 0 aliphatic carbocycles. The lowest BCUT2D eigenvalue weighted by molar-refractivity contribution is -0.124. The van der Waals surface area contributed by atoms with Crippen LogP contribution in [0.2, 0.25) is 0 Å². The van der Waals surface area contributed by atoms with Gasteiger partial charge in [0.15, 0.2) is 5.13 Å². The van der Waals surface area contributed by atoms with Crippen LogP contribution in [0.1, 0.15) is 6.42 Å². The van der Waals surface area contributed by atoms with E-state index in [4.69, 9.17) is 14.5 Å². The van der Waals surface area contributed by atoms with Gasteiger partial charge in [-0.3, -0.25) is 14.5 Å². The molecule has 3 aromatic rings. The first-order chi connectivity index (χ1) is 16.3. The summed E-state index contributed by atoms with van der Waals surface area (Å²) in [5, 5.41) is 0.525. The predicted octanol–water partition coefficient (Wildman–Crippen LogP) is 3.40. The minimum absolute atomic E-state index is 0.0895. The minimum Gasteiger partial charge on any atom is -0.495 e. The summed E-state index contributed by atoms with van der Waals surface area (Å²) in [6, 6.07) is 9.32. The van der Waals surface area contributed by atoms with E-state index in [9.17, 15) is 14.0 Å². The number of carbonyl (C=O) groups is 2. The molecule has 0 spiro atoms. The second-order valence-electron chi connectivity index (χ2n) is 8.32. The molecule has 0 saturated carbocycles. The monoisotopic (exact) mass is 486 g/mol. The molecule has 34 heavy (non-hydrogen) atoms. The van der Waals surface area contributed by atoms with Gasteiger partial charge in [-0.15, -0.1) is 0 Å². The Hall–Kier alpha value is -3.24. The first kappa shape index (κ1) is 23.9. The molecule has 180 valence electrons. The summed E-state index contributed by atoms with van der Waals surface area (Å²) in [6.07, 6.45) is 0.0895. The number of hydrogen-bond donors (Lipinski definition) is 0. The normalized spacial score (nSPS) is 15.9. The van der Waals surface area contributed by atoms with Crippen molar-refractivity contribution < 1.29 is 23.5 Å². The first-order valence-electron chi connectivity index (χ1n) is 10.9. The smallest absolute Gasteiger partial charge is 0.234 e. The number of nitrogens with zero attached hydrogens (tertiary/aromatic N) is 4. The van der Waals surface area contributed by atoms with Crippen LogP contribution in [-0.2, 0) is 9.59 Å². The van der Waals surface area contributed by atoms with E-state index >= 15 is 0 Å². The van der Waals surface area contributed by atoms with Crippen molar-refractivity contribution >= 4 is 44.2 Å². The number of likely N-dealkylation sites (N-methyl/N-ethyl adjacent to an activating group) is 1. The van der Waals surface area contributed by atoms with Crippen molar-refractivity contribution in [3.8, 4) is 11.5 Å². The van der Waals surface area contributed by atoms with Gasteiger partial charge in [-0.2, -0.15) is 0 Å². The minimum atomic E-state index is -0.532.